The summed E-state index contributed by atoms with van der Waals surface area (Å²) in [6.07, 6.45) is 2.17. The standard InChI is InChI=1S/C20H22N6O4S/c1-25-10-13-8-14(2-3-17(13)31(25,28)29)23-19-18-15(4-6-22-20(18)27)26(24-19)16-11-30-7-5-12(16)9-21/h2-4,6,8,12,16,28-29H,5,7,10-11H2,1H3,(H,22,27)(H,23,24)/t12-,16+/m1/s1. The Balaban J connectivity index is 1.57. The average Bonchev–Trinajstić information content (AvgIpc) is 3.23. The molecule has 4 heterocycles. The fourth-order valence-corrected chi connectivity index (χ4v) is 5.62. The number of benzene rings is 1. The van der Waals surface area contributed by atoms with Gasteiger partial charge in [0.1, 0.15) is 5.39 Å². The Morgan fingerprint density at radius 2 is 2.23 bits per heavy atom. The van der Waals surface area contributed by atoms with Gasteiger partial charge in [0.05, 0.1) is 35.0 Å². The minimum Gasteiger partial charge on any atom is -0.379 e. The zero-order valence-corrected chi connectivity index (χ0v) is 17.6. The molecule has 3 aromatic rings. The van der Waals surface area contributed by atoms with Gasteiger partial charge in [-0.3, -0.25) is 18.6 Å². The minimum atomic E-state index is -2.95. The van der Waals surface area contributed by atoms with E-state index in [0.717, 1.165) is 5.56 Å². The number of hydrogen-bond donors (Lipinski definition) is 4. The molecule has 4 N–H and O–H groups in total. The van der Waals surface area contributed by atoms with Crippen LogP contribution >= 0.6 is 10.8 Å². The van der Waals surface area contributed by atoms with Crippen LogP contribution < -0.4 is 10.9 Å². The minimum absolute atomic E-state index is 0.260. The molecule has 10 nitrogen and oxygen atoms in total. The van der Waals surface area contributed by atoms with Crippen molar-refractivity contribution in [2.24, 2.45) is 5.92 Å². The molecule has 162 valence electrons. The molecule has 2 atom stereocenters. The SMILES string of the molecule is CN1Cc2cc(Nc3nn([C@H]4COCC[C@@H]4C#N)c4cc[nH]c(=O)c34)ccc2S1(O)O. The number of aromatic amines is 1. The molecule has 5 rings (SSSR count). The molecule has 2 aliphatic heterocycles. The highest BCUT2D eigenvalue weighted by atomic mass is 32.3. The Bertz CT molecular complexity index is 1260. The van der Waals surface area contributed by atoms with E-state index < -0.39 is 10.8 Å². The van der Waals surface area contributed by atoms with Gasteiger partial charge in [-0.05, 0) is 36.2 Å². The van der Waals surface area contributed by atoms with E-state index in [2.05, 4.69) is 21.5 Å². The highest BCUT2D eigenvalue weighted by Gasteiger charge is 2.33. The summed E-state index contributed by atoms with van der Waals surface area (Å²) in [6, 6.07) is 9.05. The van der Waals surface area contributed by atoms with Crippen LogP contribution in [0.15, 0.2) is 40.2 Å². The maximum absolute atomic E-state index is 12.6. The molecule has 2 aromatic heterocycles. The van der Waals surface area contributed by atoms with Gasteiger partial charge in [0, 0.05) is 32.1 Å². The van der Waals surface area contributed by atoms with Crippen LogP contribution in [0.2, 0.25) is 0 Å². The molecule has 0 aliphatic carbocycles. The smallest absolute Gasteiger partial charge is 0.261 e. The number of hydrogen-bond acceptors (Lipinski definition) is 8. The molecule has 2 aliphatic rings. The van der Waals surface area contributed by atoms with Gasteiger partial charge in [-0.1, -0.05) is 0 Å². The topological polar surface area (TPSA) is 139 Å². The number of pyridine rings is 1. The van der Waals surface area contributed by atoms with Crippen LogP contribution in [0.25, 0.3) is 10.9 Å². The van der Waals surface area contributed by atoms with Gasteiger partial charge in [-0.25, -0.2) is 4.31 Å². The molecule has 0 unspecified atom stereocenters. The van der Waals surface area contributed by atoms with Gasteiger partial charge in [0.2, 0.25) is 0 Å². The zero-order chi connectivity index (χ0) is 21.8. The molecule has 11 heteroatoms. The first kappa shape index (κ1) is 20.0. The average molecular weight is 443 g/mol. The van der Waals surface area contributed by atoms with Crippen LogP contribution in [0, 0.1) is 17.2 Å². The number of aromatic nitrogens is 3. The first-order valence-electron chi connectivity index (χ1n) is 9.87. The molecule has 0 amide bonds. The van der Waals surface area contributed by atoms with E-state index in [9.17, 15) is 19.2 Å². The van der Waals surface area contributed by atoms with Gasteiger partial charge < -0.3 is 15.0 Å². The Morgan fingerprint density at radius 1 is 1.39 bits per heavy atom. The van der Waals surface area contributed by atoms with Crippen LogP contribution in [-0.2, 0) is 11.3 Å². The van der Waals surface area contributed by atoms with Crippen molar-refractivity contribution in [2.75, 3.05) is 25.6 Å². The van der Waals surface area contributed by atoms with Crippen molar-refractivity contribution in [3.8, 4) is 6.07 Å². The highest BCUT2D eigenvalue weighted by Crippen LogP contribution is 2.58. The van der Waals surface area contributed by atoms with Crippen molar-refractivity contribution in [1.29, 1.82) is 5.26 Å². The number of anilines is 2. The zero-order valence-electron chi connectivity index (χ0n) is 16.8. The lowest BCUT2D eigenvalue weighted by Crippen LogP contribution is -2.30. The number of nitrogens with zero attached hydrogens (tertiary/aromatic N) is 4. The second-order valence-corrected chi connectivity index (χ2v) is 9.88. The highest BCUT2D eigenvalue weighted by molar-refractivity contribution is 8.22. The van der Waals surface area contributed by atoms with Crippen LogP contribution in [0.3, 0.4) is 0 Å². The van der Waals surface area contributed by atoms with Crippen LogP contribution in [0.4, 0.5) is 11.5 Å². The van der Waals surface area contributed by atoms with E-state index in [1.165, 1.54) is 4.31 Å². The summed E-state index contributed by atoms with van der Waals surface area (Å²) in [4.78, 5) is 15.8. The number of ether oxygens (including phenoxy) is 1. The van der Waals surface area contributed by atoms with Gasteiger partial charge in [0.15, 0.2) is 5.82 Å². The van der Waals surface area contributed by atoms with Gasteiger partial charge in [0.25, 0.3) is 5.56 Å². The van der Waals surface area contributed by atoms with Gasteiger partial charge in [-0.15, -0.1) is 10.8 Å². The lowest BCUT2D eigenvalue weighted by Gasteiger charge is -2.34. The predicted molar refractivity (Wildman–Crippen MR) is 116 cm³/mol. The number of nitriles is 1. The van der Waals surface area contributed by atoms with Crippen molar-refractivity contribution in [3.05, 3.63) is 46.4 Å². The normalized spacial score (nSPS) is 23.9. The first-order valence-corrected chi connectivity index (χ1v) is 11.4. The van der Waals surface area contributed by atoms with Crippen molar-refractivity contribution in [1.82, 2.24) is 19.1 Å². The van der Waals surface area contributed by atoms with E-state index in [1.54, 1.807) is 36.1 Å². The van der Waals surface area contributed by atoms with Crippen molar-refractivity contribution >= 4 is 33.2 Å². The van der Waals surface area contributed by atoms with E-state index in [4.69, 9.17) is 4.74 Å². The van der Waals surface area contributed by atoms with Gasteiger partial charge >= 0.3 is 0 Å². The largest absolute Gasteiger partial charge is 0.379 e. The summed E-state index contributed by atoms with van der Waals surface area (Å²) < 4.78 is 29.4. The van der Waals surface area contributed by atoms with E-state index in [0.29, 0.717) is 53.5 Å². The Hall–Kier alpha value is -2.88. The molecular formula is C20H22N6O4S. The number of H-pyrrole nitrogens is 1. The maximum Gasteiger partial charge on any atom is 0.261 e. The van der Waals surface area contributed by atoms with Crippen molar-refractivity contribution in [3.63, 3.8) is 0 Å². The molecule has 0 radical (unpaired) electrons. The summed E-state index contributed by atoms with van der Waals surface area (Å²) in [6.45, 7) is 1.29. The van der Waals surface area contributed by atoms with E-state index in [-0.39, 0.29) is 17.5 Å². The van der Waals surface area contributed by atoms with Crippen LogP contribution in [-0.4, -0.2) is 48.4 Å². The number of fused-ring (bicyclic) bond motifs is 2. The molecule has 0 saturated carbocycles. The fourth-order valence-electron chi connectivity index (χ4n) is 4.24. The third-order valence-electron chi connectivity index (χ3n) is 5.88. The monoisotopic (exact) mass is 442 g/mol. The lowest BCUT2D eigenvalue weighted by atomic mass is 9.96. The van der Waals surface area contributed by atoms with Crippen molar-refractivity contribution < 1.29 is 13.8 Å². The third-order valence-corrected chi connectivity index (χ3v) is 7.87. The molecule has 0 bridgehead atoms. The molecule has 1 fully saturated rings. The second-order valence-electron chi connectivity index (χ2n) is 7.78. The van der Waals surface area contributed by atoms with Crippen molar-refractivity contribution in [2.45, 2.75) is 23.9 Å². The maximum atomic E-state index is 12.6. The quantitative estimate of drug-likeness (QED) is 0.485. The number of rotatable bonds is 3. The molecule has 1 aromatic carbocycles. The third kappa shape index (κ3) is 3.20. The predicted octanol–water partition coefficient (Wildman–Crippen LogP) is 3.04. The van der Waals surface area contributed by atoms with E-state index >= 15 is 0 Å². The molecule has 0 spiro atoms. The summed E-state index contributed by atoms with van der Waals surface area (Å²) in [5, 5.41) is 17.8. The van der Waals surface area contributed by atoms with E-state index in [1.807, 2.05) is 6.07 Å². The lowest BCUT2D eigenvalue weighted by molar-refractivity contribution is 0.0359. The summed E-state index contributed by atoms with van der Waals surface area (Å²) in [5.41, 5.74) is 1.81. The molecular weight excluding hydrogens is 420 g/mol. The summed E-state index contributed by atoms with van der Waals surface area (Å²) in [7, 11) is -1.29. The van der Waals surface area contributed by atoms with Crippen LogP contribution in [0.1, 0.15) is 18.0 Å². The second kappa shape index (κ2) is 7.37. The molecule has 31 heavy (non-hydrogen) atoms. The Morgan fingerprint density at radius 3 is 3.03 bits per heavy atom. The Kier molecular flexibility index (Phi) is 4.76. The molecule has 1 saturated heterocycles. The fraction of sp³-hybridized carbons (Fsp3) is 0.350. The van der Waals surface area contributed by atoms with Crippen LogP contribution in [0.5, 0.6) is 0 Å². The number of nitrogens with one attached hydrogen (secondary N) is 2. The Labute approximate surface area is 179 Å². The summed E-state index contributed by atoms with van der Waals surface area (Å²) in [5.74, 6) is 0.113. The first-order chi connectivity index (χ1) is 14.9. The summed E-state index contributed by atoms with van der Waals surface area (Å²) >= 11 is 0. The van der Waals surface area contributed by atoms with Gasteiger partial charge in [-0.2, -0.15) is 10.4 Å².